The first kappa shape index (κ1) is 41.8. The summed E-state index contributed by atoms with van der Waals surface area (Å²) in [6.45, 7) is 6.19. The standard InChI is InChI=1S/C38H67NO7/c1-3-5-7-9-11-13-15-17-19-21-23-25-31-43-33-37(34-45-38(40)46-36-29-27-35(28-30-36)39(41)42)44-32-26-24-22-20-18-16-14-12-10-8-6-4-2/h27-30,37H,3-26,31-34H2,1-2H3. The van der Waals surface area contributed by atoms with Crippen molar-refractivity contribution in [2.75, 3.05) is 26.4 Å². The number of hydrogen-bond donors (Lipinski definition) is 0. The summed E-state index contributed by atoms with van der Waals surface area (Å²) in [4.78, 5) is 22.6. The molecule has 0 aliphatic rings. The van der Waals surface area contributed by atoms with Crippen LogP contribution in [0.4, 0.5) is 10.5 Å². The van der Waals surface area contributed by atoms with Gasteiger partial charge in [-0.1, -0.05) is 155 Å². The molecule has 0 saturated heterocycles. The molecule has 1 aromatic rings. The van der Waals surface area contributed by atoms with Crippen LogP contribution in [-0.2, 0) is 14.2 Å². The topological polar surface area (TPSA) is 97.1 Å². The molecule has 266 valence electrons. The molecule has 0 aliphatic heterocycles. The van der Waals surface area contributed by atoms with E-state index in [0.717, 1.165) is 19.3 Å². The number of rotatable bonds is 33. The van der Waals surface area contributed by atoms with Crippen molar-refractivity contribution in [1.82, 2.24) is 0 Å². The Morgan fingerprint density at radius 2 is 1.02 bits per heavy atom. The fourth-order valence-electron chi connectivity index (χ4n) is 5.52. The Hall–Kier alpha value is -2.19. The molecule has 8 heteroatoms. The summed E-state index contributed by atoms with van der Waals surface area (Å²) in [5.41, 5.74) is -0.0719. The minimum absolute atomic E-state index is 0.0303. The van der Waals surface area contributed by atoms with Crippen molar-refractivity contribution in [3.8, 4) is 5.75 Å². The van der Waals surface area contributed by atoms with Gasteiger partial charge in [-0.3, -0.25) is 10.1 Å². The molecule has 0 aromatic heterocycles. The van der Waals surface area contributed by atoms with Gasteiger partial charge in [-0.2, -0.15) is 0 Å². The monoisotopic (exact) mass is 649 g/mol. The van der Waals surface area contributed by atoms with Gasteiger partial charge in [-0.05, 0) is 25.0 Å². The lowest BCUT2D eigenvalue weighted by Crippen LogP contribution is -2.28. The number of unbranched alkanes of at least 4 members (excludes halogenated alkanes) is 22. The van der Waals surface area contributed by atoms with Gasteiger partial charge in [0.2, 0.25) is 0 Å². The van der Waals surface area contributed by atoms with Crippen LogP contribution in [0.25, 0.3) is 0 Å². The van der Waals surface area contributed by atoms with E-state index < -0.39 is 11.1 Å². The van der Waals surface area contributed by atoms with Crippen LogP contribution < -0.4 is 4.74 Å². The second kappa shape index (κ2) is 31.4. The predicted molar refractivity (Wildman–Crippen MR) is 188 cm³/mol. The maximum Gasteiger partial charge on any atom is 0.513 e. The van der Waals surface area contributed by atoms with E-state index >= 15 is 0 Å². The van der Waals surface area contributed by atoms with Gasteiger partial charge in [0, 0.05) is 25.3 Å². The van der Waals surface area contributed by atoms with Gasteiger partial charge < -0.3 is 18.9 Å². The van der Waals surface area contributed by atoms with E-state index in [-0.39, 0.29) is 24.1 Å². The second-order valence-corrected chi connectivity index (χ2v) is 12.8. The predicted octanol–water partition coefficient (Wildman–Crippen LogP) is 11.9. The lowest BCUT2D eigenvalue weighted by atomic mass is 10.1. The van der Waals surface area contributed by atoms with Crippen LogP contribution in [0.1, 0.15) is 168 Å². The maximum atomic E-state index is 12.3. The average molecular weight is 650 g/mol. The molecule has 0 aliphatic carbocycles. The molecule has 0 radical (unpaired) electrons. The van der Waals surface area contributed by atoms with E-state index in [4.69, 9.17) is 18.9 Å². The first-order chi connectivity index (χ1) is 22.6. The Balaban J connectivity index is 2.24. The van der Waals surface area contributed by atoms with Crippen LogP contribution in [0.2, 0.25) is 0 Å². The quantitative estimate of drug-likeness (QED) is 0.0246. The number of nitro benzene ring substituents is 1. The molecule has 46 heavy (non-hydrogen) atoms. The smallest absolute Gasteiger partial charge is 0.431 e. The van der Waals surface area contributed by atoms with Crippen LogP contribution >= 0.6 is 0 Å². The molecule has 1 rings (SSSR count). The van der Waals surface area contributed by atoms with Crippen molar-refractivity contribution in [3.05, 3.63) is 34.4 Å². The van der Waals surface area contributed by atoms with Crippen LogP contribution in [-0.4, -0.2) is 43.6 Å². The van der Waals surface area contributed by atoms with Crippen molar-refractivity contribution in [2.24, 2.45) is 0 Å². The van der Waals surface area contributed by atoms with Crippen LogP contribution in [0.15, 0.2) is 24.3 Å². The molecular weight excluding hydrogens is 582 g/mol. The van der Waals surface area contributed by atoms with E-state index in [2.05, 4.69) is 13.8 Å². The second-order valence-electron chi connectivity index (χ2n) is 12.8. The van der Waals surface area contributed by atoms with E-state index in [0.29, 0.717) is 19.8 Å². The first-order valence-electron chi connectivity index (χ1n) is 18.8. The van der Waals surface area contributed by atoms with E-state index in [1.165, 1.54) is 159 Å². The molecule has 0 spiro atoms. The summed E-state index contributed by atoms with van der Waals surface area (Å²) in [5, 5.41) is 10.8. The highest BCUT2D eigenvalue weighted by atomic mass is 16.7. The fourth-order valence-corrected chi connectivity index (χ4v) is 5.52. The molecule has 1 aromatic carbocycles. The third-order valence-corrected chi connectivity index (χ3v) is 8.43. The number of ether oxygens (including phenoxy) is 4. The summed E-state index contributed by atoms with van der Waals surface area (Å²) < 4.78 is 22.5. The molecular formula is C38H67NO7. The van der Waals surface area contributed by atoms with Gasteiger partial charge in [0.25, 0.3) is 5.69 Å². The van der Waals surface area contributed by atoms with Gasteiger partial charge in [0.05, 0.1) is 11.5 Å². The Morgan fingerprint density at radius 1 is 0.609 bits per heavy atom. The zero-order chi connectivity index (χ0) is 33.3. The van der Waals surface area contributed by atoms with Gasteiger partial charge in [0.1, 0.15) is 18.5 Å². The van der Waals surface area contributed by atoms with E-state index in [9.17, 15) is 14.9 Å². The van der Waals surface area contributed by atoms with Gasteiger partial charge >= 0.3 is 6.16 Å². The zero-order valence-corrected chi connectivity index (χ0v) is 29.5. The highest BCUT2D eigenvalue weighted by Gasteiger charge is 2.15. The van der Waals surface area contributed by atoms with E-state index in [1.54, 1.807) is 0 Å². The van der Waals surface area contributed by atoms with Gasteiger partial charge in [-0.25, -0.2) is 4.79 Å². The lowest BCUT2D eigenvalue weighted by molar-refractivity contribution is -0.384. The molecule has 0 heterocycles. The molecule has 8 nitrogen and oxygen atoms in total. The van der Waals surface area contributed by atoms with Crippen molar-refractivity contribution >= 4 is 11.8 Å². The number of nitrogens with zero attached hydrogens (tertiary/aromatic N) is 1. The molecule has 0 saturated carbocycles. The van der Waals surface area contributed by atoms with Gasteiger partial charge in [-0.15, -0.1) is 0 Å². The number of hydrogen-bond acceptors (Lipinski definition) is 7. The zero-order valence-electron chi connectivity index (χ0n) is 29.5. The number of non-ortho nitro benzene ring substituents is 1. The van der Waals surface area contributed by atoms with Crippen molar-refractivity contribution in [1.29, 1.82) is 0 Å². The summed E-state index contributed by atoms with van der Waals surface area (Å²) in [5.74, 6) is 0.188. The molecule has 0 N–H and O–H groups in total. The number of carbonyl (C=O) groups is 1. The average Bonchev–Trinajstić information content (AvgIpc) is 3.05. The lowest BCUT2D eigenvalue weighted by Gasteiger charge is -2.18. The Morgan fingerprint density at radius 3 is 1.46 bits per heavy atom. The van der Waals surface area contributed by atoms with Crippen LogP contribution in [0.5, 0.6) is 5.75 Å². The third kappa shape index (κ3) is 25.9. The highest BCUT2D eigenvalue weighted by Crippen LogP contribution is 2.18. The maximum absolute atomic E-state index is 12.3. The summed E-state index contributed by atoms with van der Waals surface area (Å²) in [6.07, 6.45) is 29.8. The summed E-state index contributed by atoms with van der Waals surface area (Å²) >= 11 is 0. The van der Waals surface area contributed by atoms with Crippen molar-refractivity contribution in [3.63, 3.8) is 0 Å². The largest absolute Gasteiger partial charge is 0.513 e. The van der Waals surface area contributed by atoms with Crippen molar-refractivity contribution < 1.29 is 28.7 Å². The number of benzene rings is 1. The Labute approximate surface area is 280 Å². The number of nitro groups is 1. The minimum atomic E-state index is -0.867. The highest BCUT2D eigenvalue weighted by molar-refractivity contribution is 5.64. The van der Waals surface area contributed by atoms with Crippen LogP contribution in [0, 0.1) is 10.1 Å². The minimum Gasteiger partial charge on any atom is -0.431 e. The molecule has 0 fully saturated rings. The van der Waals surface area contributed by atoms with Gasteiger partial charge in [0.15, 0.2) is 0 Å². The molecule has 1 atom stereocenters. The molecule has 0 bridgehead atoms. The molecule has 1 unspecified atom stereocenters. The third-order valence-electron chi connectivity index (χ3n) is 8.43. The summed E-state index contributed by atoms with van der Waals surface area (Å²) in [7, 11) is 0. The van der Waals surface area contributed by atoms with Crippen LogP contribution in [0.3, 0.4) is 0 Å². The normalized spacial score (nSPS) is 11.9. The fraction of sp³-hybridized carbons (Fsp3) is 0.816. The van der Waals surface area contributed by atoms with Crippen molar-refractivity contribution in [2.45, 2.75) is 174 Å². The Kier molecular flexibility index (Phi) is 28.6. The number of carbonyl (C=O) groups excluding carboxylic acids is 1. The van der Waals surface area contributed by atoms with E-state index in [1.807, 2.05) is 0 Å². The first-order valence-corrected chi connectivity index (χ1v) is 18.8. The molecule has 0 amide bonds. The Bertz CT molecular complexity index is 833. The summed E-state index contributed by atoms with van der Waals surface area (Å²) in [6, 6.07) is 5.32. The SMILES string of the molecule is CCCCCCCCCCCCCCOCC(COC(=O)Oc1ccc([N+](=O)[O-])cc1)OCCCCCCCCCCCCCC.